The molecule has 166 valence electrons. The van der Waals surface area contributed by atoms with Crippen LogP contribution in [0.15, 0.2) is 48.7 Å². The van der Waals surface area contributed by atoms with E-state index in [-0.39, 0.29) is 24.1 Å². The van der Waals surface area contributed by atoms with Crippen LogP contribution < -0.4 is 10.6 Å². The summed E-state index contributed by atoms with van der Waals surface area (Å²) in [6, 6.07) is 12.4. The van der Waals surface area contributed by atoms with Gasteiger partial charge in [0.2, 0.25) is 11.8 Å². The lowest BCUT2D eigenvalue weighted by atomic mass is 10.0. The second-order valence-corrected chi connectivity index (χ2v) is 7.61. The fraction of sp³-hybridized carbons (Fsp3) is 0.435. The van der Waals surface area contributed by atoms with E-state index < -0.39 is 6.04 Å². The third-order valence-electron chi connectivity index (χ3n) is 5.27. The van der Waals surface area contributed by atoms with Crippen LogP contribution in [0.1, 0.15) is 28.9 Å². The quantitative estimate of drug-likeness (QED) is 0.750. The van der Waals surface area contributed by atoms with E-state index in [1.54, 1.807) is 34.8 Å². The molecule has 1 aromatic carbocycles. The van der Waals surface area contributed by atoms with Gasteiger partial charge in [-0.15, -0.1) is 0 Å². The molecule has 1 atom stereocenters. The molecule has 0 radical (unpaired) electrons. The Hall–Kier alpha value is -3.13. The van der Waals surface area contributed by atoms with Crippen molar-refractivity contribution in [1.29, 1.82) is 0 Å². The number of aromatic nitrogens is 1. The van der Waals surface area contributed by atoms with Gasteiger partial charge >= 0.3 is 0 Å². The average molecular weight is 427 g/mol. The zero-order valence-electron chi connectivity index (χ0n) is 17.9. The van der Waals surface area contributed by atoms with Gasteiger partial charge in [0, 0.05) is 52.3 Å². The molecule has 1 aromatic heterocycles. The van der Waals surface area contributed by atoms with Gasteiger partial charge in [-0.25, -0.2) is 0 Å². The molecule has 1 fully saturated rings. The highest BCUT2D eigenvalue weighted by Gasteiger charge is 2.27. The lowest BCUT2D eigenvalue weighted by Gasteiger charge is -2.28. The maximum absolute atomic E-state index is 13.5. The number of hydrogen-bond donors (Lipinski definition) is 2. The predicted molar refractivity (Wildman–Crippen MR) is 116 cm³/mol. The van der Waals surface area contributed by atoms with Crippen LogP contribution in [-0.4, -0.2) is 66.1 Å². The van der Waals surface area contributed by atoms with Gasteiger partial charge in [0.25, 0.3) is 5.91 Å². The summed E-state index contributed by atoms with van der Waals surface area (Å²) in [6.07, 6.45) is 3.05. The summed E-state index contributed by atoms with van der Waals surface area (Å²) in [5, 5.41) is 5.70. The Labute approximate surface area is 182 Å². The molecular formula is C23H30N4O4. The highest BCUT2D eigenvalue weighted by Crippen LogP contribution is 2.10. The average Bonchev–Trinajstić information content (AvgIpc) is 3.18. The van der Waals surface area contributed by atoms with Crippen molar-refractivity contribution in [2.75, 3.05) is 32.8 Å². The number of benzene rings is 1. The first-order valence-corrected chi connectivity index (χ1v) is 10.6. The number of nitrogens with one attached hydrogen (secondary N) is 2. The van der Waals surface area contributed by atoms with E-state index in [0.717, 1.165) is 5.56 Å². The number of carbonyl (C=O) groups is 3. The predicted octanol–water partition coefficient (Wildman–Crippen LogP) is 1.12. The molecule has 2 aromatic rings. The largest absolute Gasteiger partial charge is 0.380 e. The summed E-state index contributed by atoms with van der Waals surface area (Å²) < 4.78 is 7.22. The van der Waals surface area contributed by atoms with Gasteiger partial charge in [-0.05, 0) is 24.1 Å². The summed E-state index contributed by atoms with van der Waals surface area (Å²) in [7, 11) is 1.79. The highest BCUT2D eigenvalue weighted by molar-refractivity contribution is 5.96. The van der Waals surface area contributed by atoms with E-state index in [9.17, 15) is 14.4 Å². The van der Waals surface area contributed by atoms with Crippen molar-refractivity contribution in [2.45, 2.75) is 25.3 Å². The van der Waals surface area contributed by atoms with Crippen molar-refractivity contribution in [3.05, 3.63) is 59.9 Å². The summed E-state index contributed by atoms with van der Waals surface area (Å²) in [6.45, 7) is 2.21. The Morgan fingerprint density at radius 2 is 1.94 bits per heavy atom. The molecule has 3 amide bonds. The maximum Gasteiger partial charge on any atom is 0.268 e. The van der Waals surface area contributed by atoms with E-state index >= 15 is 0 Å². The van der Waals surface area contributed by atoms with Crippen LogP contribution in [0.4, 0.5) is 0 Å². The van der Waals surface area contributed by atoms with Crippen molar-refractivity contribution in [3.63, 3.8) is 0 Å². The second kappa shape index (κ2) is 11.3. The number of aryl methyl sites for hydroxylation is 1. The molecule has 3 rings (SSSR count). The molecule has 2 N–H and O–H groups in total. The monoisotopic (exact) mass is 426 g/mol. The van der Waals surface area contributed by atoms with Gasteiger partial charge in [-0.3, -0.25) is 14.4 Å². The molecule has 1 aliphatic heterocycles. The normalized spacial score (nSPS) is 16.7. The van der Waals surface area contributed by atoms with Crippen molar-refractivity contribution in [3.8, 4) is 0 Å². The van der Waals surface area contributed by atoms with E-state index in [1.165, 1.54) is 0 Å². The minimum absolute atomic E-state index is 0.115. The van der Waals surface area contributed by atoms with Gasteiger partial charge in [0.15, 0.2) is 0 Å². The smallest absolute Gasteiger partial charge is 0.268 e. The summed E-state index contributed by atoms with van der Waals surface area (Å²) in [4.78, 5) is 40.0. The Kier molecular flexibility index (Phi) is 8.23. The third kappa shape index (κ3) is 6.68. The standard InChI is InChI=1S/C23H30N4O4/c1-26-12-5-9-20(26)22(29)25-19(17-18-7-3-2-4-8-18)23(30)27-13-6-15-31-16-11-24-21(28)10-14-27/h2-5,7-9,12,19H,6,10-11,13-17H2,1H3,(H,24,28)(H,25,29). The van der Waals surface area contributed by atoms with Gasteiger partial charge in [0.1, 0.15) is 11.7 Å². The van der Waals surface area contributed by atoms with Crippen molar-refractivity contribution in [1.82, 2.24) is 20.1 Å². The minimum atomic E-state index is -0.737. The molecule has 1 saturated heterocycles. The van der Waals surface area contributed by atoms with Crippen LogP contribution in [0.2, 0.25) is 0 Å². The molecule has 0 saturated carbocycles. The Balaban J connectivity index is 1.77. The SMILES string of the molecule is Cn1cccc1C(=O)NC(Cc1ccccc1)C(=O)N1CCCOCCNC(=O)CC1. The first kappa shape index (κ1) is 22.6. The molecule has 0 spiro atoms. The fourth-order valence-electron chi connectivity index (χ4n) is 3.58. The van der Waals surface area contributed by atoms with Crippen molar-refractivity contribution < 1.29 is 19.1 Å². The highest BCUT2D eigenvalue weighted by atomic mass is 16.5. The third-order valence-corrected chi connectivity index (χ3v) is 5.27. The Morgan fingerprint density at radius 3 is 2.68 bits per heavy atom. The van der Waals surface area contributed by atoms with Gasteiger partial charge in [0.05, 0.1) is 6.61 Å². The fourth-order valence-corrected chi connectivity index (χ4v) is 3.58. The molecule has 2 heterocycles. The zero-order chi connectivity index (χ0) is 22.1. The van der Waals surface area contributed by atoms with Crippen LogP contribution >= 0.6 is 0 Å². The minimum Gasteiger partial charge on any atom is -0.380 e. The van der Waals surface area contributed by atoms with E-state index in [1.807, 2.05) is 30.3 Å². The molecular weight excluding hydrogens is 396 g/mol. The summed E-state index contributed by atoms with van der Waals surface area (Å²) in [5.41, 5.74) is 1.43. The number of ether oxygens (including phenoxy) is 1. The number of hydrogen-bond acceptors (Lipinski definition) is 4. The number of nitrogens with zero attached hydrogens (tertiary/aromatic N) is 2. The lowest BCUT2D eigenvalue weighted by Crippen LogP contribution is -2.51. The Morgan fingerprint density at radius 1 is 1.13 bits per heavy atom. The number of carbonyl (C=O) groups excluding carboxylic acids is 3. The molecule has 1 unspecified atom stereocenters. The molecule has 1 aliphatic rings. The van der Waals surface area contributed by atoms with Crippen molar-refractivity contribution in [2.24, 2.45) is 7.05 Å². The molecule has 8 nitrogen and oxygen atoms in total. The number of amides is 3. The van der Waals surface area contributed by atoms with Crippen LogP contribution in [0.5, 0.6) is 0 Å². The first-order valence-electron chi connectivity index (χ1n) is 10.6. The van der Waals surface area contributed by atoms with Gasteiger partial charge < -0.3 is 24.8 Å². The lowest BCUT2D eigenvalue weighted by molar-refractivity contribution is -0.134. The van der Waals surface area contributed by atoms with Crippen LogP contribution in [0.25, 0.3) is 0 Å². The van der Waals surface area contributed by atoms with E-state index in [4.69, 9.17) is 4.74 Å². The van der Waals surface area contributed by atoms with Gasteiger partial charge in [-0.1, -0.05) is 30.3 Å². The Bertz CT molecular complexity index is 881. The molecule has 0 bridgehead atoms. The summed E-state index contributed by atoms with van der Waals surface area (Å²) in [5.74, 6) is -0.616. The van der Waals surface area contributed by atoms with E-state index in [0.29, 0.717) is 51.4 Å². The molecule has 0 aliphatic carbocycles. The number of rotatable bonds is 5. The van der Waals surface area contributed by atoms with Crippen LogP contribution in [-0.2, 0) is 27.8 Å². The molecule has 8 heteroatoms. The van der Waals surface area contributed by atoms with E-state index in [2.05, 4.69) is 10.6 Å². The van der Waals surface area contributed by atoms with Crippen molar-refractivity contribution >= 4 is 17.7 Å². The zero-order valence-corrected chi connectivity index (χ0v) is 17.9. The topological polar surface area (TPSA) is 92.7 Å². The molecule has 31 heavy (non-hydrogen) atoms. The van der Waals surface area contributed by atoms with Crippen LogP contribution in [0, 0.1) is 0 Å². The van der Waals surface area contributed by atoms with Gasteiger partial charge in [-0.2, -0.15) is 0 Å². The van der Waals surface area contributed by atoms with Crippen LogP contribution in [0.3, 0.4) is 0 Å². The maximum atomic E-state index is 13.5. The second-order valence-electron chi connectivity index (χ2n) is 7.61. The first-order chi connectivity index (χ1) is 15.0. The summed E-state index contributed by atoms with van der Waals surface area (Å²) >= 11 is 0.